The summed E-state index contributed by atoms with van der Waals surface area (Å²) in [5.41, 5.74) is 0. The standard InChI is InChI=1S/C18H31NO3S/c1-3-4-5-9-12-16(20)19-15(18(21)22-2)13-23-17(19)14-10-7-6-8-11-14/h14-15,17H,3-13H2,1-2H3. The number of methoxy groups -OCH3 is 1. The summed E-state index contributed by atoms with van der Waals surface area (Å²) in [6.45, 7) is 2.17. The molecule has 1 aliphatic heterocycles. The number of rotatable bonds is 7. The maximum Gasteiger partial charge on any atom is 0.329 e. The first kappa shape index (κ1) is 18.6. The van der Waals surface area contributed by atoms with Crippen molar-refractivity contribution < 1.29 is 14.3 Å². The van der Waals surface area contributed by atoms with Crippen molar-refractivity contribution in [2.75, 3.05) is 12.9 Å². The average Bonchev–Trinajstić information content (AvgIpc) is 3.03. The number of esters is 1. The Hall–Kier alpha value is -0.710. The summed E-state index contributed by atoms with van der Waals surface area (Å²) in [7, 11) is 1.42. The van der Waals surface area contributed by atoms with E-state index in [2.05, 4.69) is 6.92 Å². The first-order chi connectivity index (χ1) is 11.2. The number of hydrogen-bond donors (Lipinski definition) is 0. The van der Waals surface area contributed by atoms with E-state index >= 15 is 0 Å². The molecule has 132 valence electrons. The summed E-state index contributed by atoms with van der Waals surface area (Å²) in [6, 6.07) is -0.379. The number of amides is 1. The highest BCUT2D eigenvalue weighted by atomic mass is 32.2. The van der Waals surface area contributed by atoms with Gasteiger partial charge >= 0.3 is 5.97 Å². The molecule has 2 aliphatic rings. The summed E-state index contributed by atoms with van der Waals surface area (Å²) in [5, 5.41) is 0.179. The highest BCUT2D eigenvalue weighted by Gasteiger charge is 2.45. The third-order valence-electron chi connectivity index (χ3n) is 5.09. The molecule has 1 aliphatic carbocycles. The molecule has 0 bridgehead atoms. The van der Waals surface area contributed by atoms with E-state index in [0.717, 1.165) is 12.8 Å². The minimum Gasteiger partial charge on any atom is -0.467 e. The molecule has 1 heterocycles. The molecule has 2 rings (SSSR count). The van der Waals surface area contributed by atoms with Crippen molar-refractivity contribution >= 4 is 23.6 Å². The lowest BCUT2D eigenvalue weighted by Gasteiger charge is -2.35. The van der Waals surface area contributed by atoms with Crippen molar-refractivity contribution in [1.82, 2.24) is 4.90 Å². The maximum absolute atomic E-state index is 12.8. The van der Waals surface area contributed by atoms with E-state index in [-0.39, 0.29) is 23.3 Å². The van der Waals surface area contributed by atoms with Crippen LogP contribution in [-0.4, -0.2) is 41.1 Å². The van der Waals surface area contributed by atoms with Gasteiger partial charge in [-0.3, -0.25) is 4.79 Å². The molecule has 23 heavy (non-hydrogen) atoms. The molecule has 0 radical (unpaired) electrons. The van der Waals surface area contributed by atoms with Crippen LogP contribution in [0.3, 0.4) is 0 Å². The van der Waals surface area contributed by atoms with Gasteiger partial charge in [0.15, 0.2) is 0 Å². The second-order valence-electron chi connectivity index (χ2n) is 6.77. The molecule has 2 unspecified atom stereocenters. The lowest BCUT2D eigenvalue weighted by Crippen LogP contribution is -2.48. The summed E-state index contributed by atoms with van der Waals surface area (Å²) >= 11 is 1.79. The molecule has 0 aromatic carbocycles. The van der Waals surface area contributed by atoms with Crippen LogP contribution in [0.1, 0.15) is 71.1 Å². The molecule has 1 saturated heterocycles. The molecular formula is C18H31NO3S. The Morgan fingerprint density at radius 3 is 2.52 bits per heavy atom. The molecule has 4 nitrogen and oxygen atoms in total. The third kappa shape index (κ3) is 4.88. The van der Waals surface area contributed by atoms with Gasteiger partial charge in [-0.1, -0.05) is 45.4 Å². The third-order valence-corrected chi connectivity index (χ3v) is 6.56. The van der Waals surface area contributed by atoms with Gasteiger partial charge in [-0.15, -0.1) is 11.8 Å². The van der Waals surface area contributed by atoms with Crippen LogP contribution in [0.4, 0.5) is 0 Å². The van der Waals surface area contributed by atoms with E-state index in [0.29, 0.717) is 18.1 Å². The number of nitrogens with zero attached hydrogens (tertiary/aromatic N) is 1. The van der Waals surface area contributed by atoms with Gasteiger partial charge in [-0.05, 0) is 25.2 Å². The van der Waals surface area contributed by atoms with Gasteiger partial charge < -0.3 is 9.64 Å². The molecule has 0 aromatic rings. The van der Waals surface area contributed by atoms with Gasteiger partial charge in [0.2, 0.25) is 5.91 Å². The van der Waals surface area contributed by atoms with Crippen LogP contribution in [0, 0.1) is 5.92 Å². The summed E-state index contributed by atoms with van der Waals surface area (Å²) in [6.07, 6.45) is 11.1. The number of carbonyl (C=O) groups is 2. The van der Waals surface area contributed by atoms with Gasteiger partial charge in [0.05, 0.1) is 12.5 Å². The number of ether oxygens (including phenoxy) is 1. The summed E-state index contributed by atoms with van der Waals surface area (Å²) < 4.78 is 4.95. The first-order valence-electron chi connectivity index (χ1n) is 9.19. The van der Waals surface area contributed by atoms with E-state index in [1.807, 2.05) is 4.90 Å². The van der Waals surface area contributed by atoms with E-state index in [4.69, 9.17) is 4.74 Å². The Bertz CT molecular complexity index is 396. The molecular weight excluding hydrogens is 310 g/mol. The van der Waals surface area contributed by atoms with Crippen molar-refractivity contribution in [3.05, 3.63) is 0 Å². The predicted molar refractivity (Wildman–Crippen MR) is 94.2 cm³/mol. The molecule has 2 fully saturated rings. The highest BCUT2D eigenvalue weighted by Crippen LogP contribution is 2.41. The first-order valence-corrected chi connectivity index (χ1v) is 10.2. The Morgan fingerprint density at radius 2 is 1.87 bits per heavy atom. The second kappa shape index (κ2) is 9.55. The fraction of sp³-hybridized carbons (Fsp3) is 0.889. The Kier molecular flexibility index (Phi) is 7.74. The van der Waals surface area contributed by atoms with Gasteiger partial charge in [0.25, 0.3) is 0 Å². The average molecular weight is 342 g/mol. The van der Waals surface area contributed by atoms with Crippen LogP contribution in [0.25, 0.3) is 0 Å². The van der Waals surface area contributed by atoms with E-state index < -0.39 is 0 Å². The zero-order valence-electron chi connectivity index (χ0n) is 14.6. The quantitative estimate of drug-likeness (QED) is 0.519. The molecule has 0 N–H and O–H groups in total. The van der Waals surface area contributed by atoms with Gasteiger partial charge in [0, 0.05) is 12.2 Å². The molecule has 2 atom stereocenters. The monoisotopic (exact) mass is 341 g/mol. The minimum absolute atomic E-state index is 0.150. The molecule has 5 heteroatoms. The van der Waals surface area contributed by atoms with Crippen LogP contribution in [-0.2, 0) is 14.3 Å². The fourth-order valence-electron chi connectivity index (χ4n) is 3.78. The van der Waals surface area contributed by atoms with Crippen LogP contribution in [0.15, 0.2) is 0 Å². The smallest absolute Gasteiger partial charge is 0.329 e. The minimum atomic E-state index is -0.379. The van der Waals surface area contributed by atoms with Gasteiger partial charge in [-0.2, -0.15) is 0 Å². The van der Waals surface area contributed by atoms with Crippen molar-refractivity contribution in [3.8, 4) is 0 Å². The number of unbranched alkanes of at least 4 members (excludes halogenated alkanes) is 3. The maximum atomic E-state index is 12.8. The van der Waals surface area contributed by atoms with Crippen molar-refractivity contribution in [2.24, 2.45) is 5.92 Å². The zero-order chi connectivity index (χ0) is 16.7. The SMILES string of the molecule is CCCCCCC(=O)N1C(C(=O)OC)CSC1C1CCCCC1. The molecule has 0 spiro atoms. The van der Waals surface area contributed by atoms with Crippen LogP contribution >= 0.6 is 11.8 Å². The van der Waals surface area contributed by atoms with Crippen molar-refractivity contribution in [3.63, 3.8) is 0 Å². The molecule has 1 amide bonds. The van der Waals surface area contributed by atoms with E-state index in [1.165, 1.54) is 52.1 Å². The zero-order valence-corrected chi connectivity index (χ0v) is 15.4. The topological polar surface area (TPSA) is 46.6 Å². The number of hydrogen-bond acceptors (Lipinski definition) is 4. The van der Waals surface area contributed by atoms with E-state index in [1.54, 1.807) is 11.8 Å². The number of thioether (sulfide) groups is 1. The van der Waals surface area contributed by atoms with Crippen LogP contribution in [0.2, 0.25) is 0 Å². The van der Waals surface area contributed by atoms with Crippen molar-refractivity contribution in [2.45, 2.75) is 82.5 Å². The fourth-order valence-corrected chi connectivity index (χ4v) is 5.42. The lowest BCUT2D eigenvalue weighted by molar-refractivity contribution is -0.152. The summed E-state index contributed by atoms with van der Waals surface area (Å²) in [5.74, 6) is 1.13. The Morgan fingerprint density at radius 1 is 1.13 bits per heavy atom. The van der Waals surface area contributed by atoms with E-state index in [9.17, 15) is 9.59 Å². The Balaban J connectivity index is 2.02. The second-order valence-corrected chi connectivity index (χ2v) is 7.92. The predicted octanol–water partition coefficient (Wildman–Crippen LogP) is 3.98. The van der Waals surface area contributed by atoms with Crippen molar-refractivity contribution in [1.29, 1.82) is 0 Å². The highest BCUT2D eigenvalue weighted by molar-refractivity contribution is 8.00. The largest absolute Gasteiger partial charge is 0.467 e. The van der Waals surface area contributed by atoms with Gasteiger partial charge in [0.1, 0.15) is 6.04 Å². The van der Waals surface area contributed by atoms with Crippen LogP contribution < -0.4 is 0 Å². The van der Waals surface area contributed by atoms with Gasteiger partial charge in [-0.25, -0.2) is 4.79 Å². The molecule has 0 aromatic heterocycles. The normalized spacial score (nSPS) is 25.6. The number of carbonyl (C=O) groups excluding carboxylic acids is 2. The molecule has 1 saturated carbocycles. The summed E-state index contributed by atoms with van der Waals surface area (Å²) in [4.78, 5) is 26.8. The lowest BCUT2D eigenvalue weighted by atomic mass is 9.88. The Labute approximate surface area is 144 Å². The van der Waals surface area contributed by atoms with Crippen LogP contribution in [0.5, 0.6) is 0 Å².